The number of rotatable bonds is 7. The maximum absolute atomic E-state index is 12.9. The lowest BCUT2D eigenvalue weighted by Gasteiger charge is -2.31. The van der Waals surface area contributed by atoms with Gasteiger partial charge in [-0.3, -0.25) is 9.36 Å². The van der Waals surface area contributed by atoms with E-state index in [0.29, 0.717) is 44.2 Å². The zero-order chi connectivity index (χ0) is 21.8. The molecule has 0 spiro atoms. The summed E-state index contributed by atoms with van der Waals surface area (Å²) in [5.41, 5.74) is 1.09. The minimum absolute atomic E-state index is 0.107. The van der Waals surface area contributed by atoms with Gasteiger partial charge < -0.3 is 14.2 Å². The summed E-state index contributed by atoms with van der Waals surface area (Å²) in [6.45, 7) is 4.56. The summed E-state index contributed by atoms with van der Waals surface area (Å²) in [7, 11) is 1.60. The number of ether oxygens (including phenoxy) is 1. The quantitative estimate of drug-likeness (QED) is 0.577. The summed E-state index contributed by atoms with van der Waals surface area (Å²) in [4.78, 5) is 27.3. The SMILES string of the molecule is CCn1c(C2CCN(C(=O)c3cc(-c4ccccc4)on3)CC2)nn(CCOC)c1=O. The number of methoxy groups -OCH3 is 1. The van der Waals surface area contributed by atoms with Gasteiger partial charge in [-0.2, -0.15) is 5.10 Å². The van der Waals surface area contributed by atoms with E-state index < -0.39 is 0 Å². The van der Waals surface area contributed by atoms with Crippen molar-refractivity contribution in [3.63, 3.8) is 0 Å². The van der Waals surface area contributed by atoms with E-state index in [2.05, 4.69) is 10.3 Å². The Morgan fingerprint density at radius 3 is 2.65 bits per heavy atom. The van der Waals surface area contributed by atoms with Crippen LogP contribution in [0.15, 0.2) is 45.7 Å². The van der Waals surface area contributed by atoms with E-state index in [0.717, 1.165) is 24.2 Å². The summed E-state index contributed by atoms with van der Waals surface area (Å²) in [6.07, 6.45) is 1.49. The molecule has 164 valence electrons. The van der Waals surface area contributed by atoms with Crippen molar-refractivity contribution < 1.29 is 14.1 Å². The molecule has 4 rings (SSSR count). The highest BCUT2D eigenvalue weighted by molar-refractivity contribution is 5.93. The van der Waals surface area contributed by atoms with E-state index in [1.807, 2.05) is 37.3 Å². The van der Waals surface area contributed by atoms with Crippen LogP contribution in [0.1, 0.15) is 42.0 Å². The normalized spacial score (nSPS) is 14.8. The first-order chi connectivity index (χ1) is 15.1. The standard InChI is InChI=1S/C22H27N5O4/c1-3-26-20(23-27(22(26)29)13-14-30-2)17-9-11-25(12-10-17)21(28)18-15-19(31-24-18)16-7-5-4-6-8-16/h4-8,15,17H,3,9-14H2,1-2H3. The lowest BCUT2D eigenvalue weighted by atomic mass is 9.95. The smallest absolute Gasteiger partial charge is 0.345 e. The number of amides is 1. The lowest BCUT2D eigenvalue weighted by molar-refractivity contribution is 0.0699. The Balaban J connectivity index is 1.43. The third kappa shape index (κ3) is 4.32. The van der Waals surface area contributed by atoms with Crippen molar-refractivity contribution in [3.05, 3.63) is 58.4 Å². The maximum Gasteiger partial charge on any atom is 0.345 e. The van der Waals surface area contributed by atoms with Crippen molar-refractivity contribution >= 4 is 5.91 Å². The molecule has 1 amide bonds. The average molecular weight is 425 g/mol. The second-order valence-corrected chi connectivity index (χ2v) is 7.61. The zero-order valence-corrected chi connectivity index (χ0v) is 17.9. The highest BCUT2D eigenvalue weighted by Gasteiger charge is 2.30. The predicted octanol–water partition coefficient (Wildman–Crippen LogP) is 2.39. The molecule has 0 atom stereocenters. The molecule has 9 nitrogen and oxygen atoms in total. The number of carbonyl (C=O) groups excluding carboxylic acids is 1. The van der Waals surface area contributed by atoms with Gasteiger partial charge in [0.05, 0.1) is 13.2 Å². The number of carbonyl (C=O) groups is 1. The Kier molecular flexibility index (Phi) is 6.31. The summed E-state index contributed by atoms with van der Waals surface area (Å²) in [5, 5.41) is 8.54. The van der Waals surface area contributed by atoms with Crippen LogP contribution < -0.4 is 5.69 Å². The van der Waals surface area contributed by atoms with Crippen molar-refractivity contribution in [2.75, 3.05) is 26.8 Å². The van der Waals surface area contributed by atoms with Gasteiger partial charge in [0, 0.05) is 44.3 Å². The molecular weight excluding hydrogens is 398 g/mol. The first-order valence-corrected chi connectivity index (χ1v) is 10.6. The monoisotopic (exact) mass is 425 g/mol. The fraction of sp³-hybridized carbons (Fsp3) is 0.455. The number of benzene rings is 1. The maximum atomic E-state index is 12.9. The van der Waals surface area contributed by atoms with Crippen LogP contribution in [-0.4, -0.2) is 57.1 Å². The van der Waals surface area contributed by atoms with Crippen molar-refractivity contribution in [1.82, 2.24) is 24.4 Å². The fourth-order valence-electron chi connectivity index (χ4n) is 4.00. The van der Waals surface area contributed by atoms with Crippen molar-refractivity contribution in [1.29, 1.82) is 0 Å². The van der Waals surface area contributed by atoms with Crippen LogP contribution in [0.4, 0.5) is 0 Å². The topological polar surface area (TPSA) is 95.4 Å². The molecule has 0 radical (unpaired) electrons. The third-order valence-corrected chi connectivity index (χ3v) is 5.71. The molecule has 2 aromatic heterocycles. The largest absolute Gasteiger partial charge is 0.383 e. The highest BCUT2D eigenvalue weighted by Crippen LogP contribution is 2.28. The van der Waals surface area contributed by atoms with Crippen molar-refractivity contribution in [2.45, 2.75) is 38.8 Å². The summed E-state index contributed by atoms with van der Waals surface area (Å²) in [5.74, 6) is 1.37. The van der Waals surface area contributed by atoms with Gasteiger partial charge in [0.1, 0.15) is 5.82 Å². The molecule has 0 bridgehead atoms. The fourth-order valence-corrected chi connectivity index (χ4v) is 4.00. The molecule has 0 unspecified atom stereocenters. The summed E-state index contributed by atoms with van der Waals surface area (Å²) in [6, 6.07) is 11.3. The van der Waals surface area contributed by atoms with Crippen LogP contribution in [0.25, 0.3) is 11.3 Å². The van der Waals surface area contributed by atoms with Gasteiger partial charge >= 0.3 is 5.69 Å². The first-order valence-electron chi connectivity index (χ1n) is 10.6. The molecule has 31 heavy (non-hydrogen) atoms. The Hall–Kier alpha value is -3.20. The number of nitrogens with zero attached hydrogens (tertiary/aromatic N) is 5. The molecule has 9 heteroatoms. The molecular formula is C22H27N5O4. The average Bonchev–Trinajstić information content (AvgIpc) is 3.43. The summed E-state index contributed by atoms with van der Waals surface area (Å²) < 4.78 is 13.6. The zero-order valence-electron chi connectivity index (χ0n) is 17.9. The predicted molar refractivity (Wildman–Crippen MR) is 114 cm³/mol. The van der Waals surface area contributed by atoms with Crippen LogP contribution in [0.5, 0.6) is 0 Å². The van der Waals surface area contributed by atoms with Gasteiger partial charge in [-0.05, 0) is 19.8 Å². The molecule has 3 heterocycles. The van der Waals surface area contributed by atoms with Crippen LogP contribution in [-0.2, 0) is 17.8 Å². The Morgan fingerprint density at radius 2 is 1.97 bits per heavy atom. The second kappa shape index (κ2) is 9.30. The number of likely N-dealkylation sites (tertiary alicyclic amines) is 1. The number of hydrogen-bond donors (Lipinski definition) is 0. The third-order valence-electron chi connectivity index (χ3n) is 5.71. The van der Waals surface area contributed by atoms with Gasteiger partial charge in [0.2, 0.25) is 0 Å². The van der Waals surface area contributed by atoms with E-state index in [9.17, 15) is 9.59 Å². The lowest BCUT2D eigenvalue weighted by Crippen LogP contribution is -2.38. The van der Waals surface area contributed by atoms with Gasteiger partial charge in [0.15, 0.2) is 11.5 Å². The van der Waals surface area contributed by atoms with Crippen molar-refractivity contribution in [3.8, 4) is 11.3 Å². The molecule has 0 N–H and O–H groups in total. The molecule has 1 fully saturated rings. The van der Waals surface area contributed by atoms with Gasteiger partial charge in [0.25, 0.3) is 5.91 Å². The number of hydrogen-bond acceptors (Lipinski definition) is 6. The van der Waals surface area contributed by atoms with Crippen LogP contribution >= 0.6 is 0 Å². The number of piperidine rings is 1. The Labute approximate surface area is 180 Å². The Morgan fingerprint density at radius 1 is 1.23 bits per heavy atom. The van der Waals surface area contributed by atoms with Crippen molar-refractivity contribution in [2.24, 2.45) is 0 Å². The molecule has 1 aliphatic rings. The van der Waals surface area contributed by atoms with E-state index in [-0.39, 0.29) is 17.5 Å². The minimum atomic E-state index is -0.136. The van der Waals surface area contributed by atoms with Gasteiger partial charge in [-0.25, -0.2) is 9.48 Å². The Bertz CT molecular complexity index is 1080. The minimum Gasteiger partial charge on any atom is -0.383 e. The molecule has 1 saturated heterocycles. The van der Waals surface area contributed by atoms with Gasteiger partial charge in [-0.1, -0.05) is 35.5 Å². The number of aromatic nitrogens is 4. The van der Waals surface area contributed by atoms with Crippen LogP contribution in [0.3, 0.4) is 0 Å². The second-order valence-electron chi connectivity index (χ2n) is 7.61. The van der Waals surface area contributed by atoms with Gasteiger partial charge in [-0.15, -0.1) is 0 Å². The van der Waals surface area contributed by atoms with E-state index in [1.165, 1.54) is 4.68 Å². The van der Waals surface area contributed by atoms with E-state index in [1.54, 1.807) is 22.6 Å². The summed E-state index contributed by atoms with van der Waals surface area (Å²) >= 11 is 0. The molecule has 1 aromatic carbocycles. The molecule has 0 aliphatic carbocycles. The van der Waals surface area contributed by atoms with Crippen LogP contribution in [0.2, 0.25) is 0 Å². The van der Waals surface area contributed by atoms with E-state index in [4.69, 9.17) is 9.26 Å². The van der Waals surface area contributed by atoms with Crippen LogP contribution in [0, 0.1) is 0 Å². The molecule has 1 aliphatic heterocycles. The molecule has 0 saturated carbocycles. The molecule has 3 aromatic rings. The first kappa shape index (κ1) is 21.0. The highest BCUT2D eigenvalue weighted by atomic mass is 16.5. The van der Waals surface area contributed by atoms with E-state index >= 15 is 0 Å².